The molecule has 0 spiro atoms. The summed E-state index contributed by atoms with van der Waals surface area (Å²) in [5.74, 6) is 1.48. The van der Waals surface area contributed by atoms with Crippen LogP contribution in [0.15, 0.2) is 85.2 Å². The van der Waals surface area contributed by atoms with E-state index in [2.05, 4.69) is 20.7 Å². The van der Waals surface area contributed by atoms with Gasteiger partial charge in [-0.25, -0.2) is 9.67 Å². The van der Waals surface area contributed by atoms with Crippen LogP contribution in [0.3, 0.4) is 0 Å². The minimum Gasteiger partial charge on any atom is -0.456 e. The minimum absolute atomic E-state index is 0.0146. The van der Waals surface area contributed by atoms with Crippen LogP contribution in [-0.2, 0) is 4.79 Å². The van der Waals surface area contributed by atoms with E-state index in [1.807, 2.05) is 49.4 Å². The molecule has 3 heterocycles. The van der Waals surface area contributed by atoms with Crippen molar-refractivity contribution in [3.63, 3.8) is 0 Å². The molecule has 9 nitrogen and oxygen atoms in total. The SMILES string of the molecule is Cc1cc(C(=O)Nc2cccc(Oc3ccc4nc(NC(=O)C5CC5)cn4c3)c2)nn1-c1ccccc1. The normalized spacial score (nSPS) is 12.9. The van der Waals surface area contributed by atoms with Gasteiger partial charge < -0.3 is 19.8 Å². The van der Waals surface area contributed by atoms with Crippen LogP contribution in [0.1, 0.15) is 29.0 Å². The van der Waals surface area contributed by atoms with Crippen molar-refractivity contribution in [1.29, 1.82) is 0 Å². The quantitative estimate of drug-likeness (QED) is 0.324. The van der Waals surface area contributed by atoms with Gasteiger partial charge >= 0.3 is 0 Å². The first kappa shape index (κ1) is 22.5. The molecule has 3 aromatic heterocycles. The summed E-state index contributed by atoms with van der Waals surface area (Å²) in [5, 5.41) is 10.2. The molecule has 2 aromatic carbocycles. The zero-order chi connectivity index (χ0) is 25.4. The standard InChI is InChI=1S/C28H24N6O3/c1-18-14-24(32-34(18)21-7-3-2-4-8-21)28(36)29-20-6-5-9-22(15-20)37-23-12-13-26-30-25(17-33(26)16-23)31-27(35)19-10-11-19/h2-9,12-17,19H,10-11H2,1H3,(H,29,36)(H,31,35). The maximum Gasteiger partial charge on any atom is 0.276 e. The number of nitrogens with one attached hydrogen (secondary N) is 2. The number of aryl methyl sites for hydroxylation is 1. The maximum atomic E-state index is 12.9. The number of para-hydroxylation sites is 1. The Hall–Kier alpha value is -4.92. The highest BCUT2D eigenvalue weighted by molar-refractivity contribution is 6.03. The fraction of sp³-hybridized carbons (Fsp3) is 0.143. The molecule has 2 amide bonds. The molecule has 184 valence electrons. The Morgan fingerprint density at radius 3 is 2.57 bits per heavy atom. The number of ether oxygens (including phenoxy) is 1. The van der Waals surface area contributed by atoms with E-state index in [1.165, 1.54) is 0 Å². The van der Waals surface area contributed by atoms with Crippen molar-refractivity contribution in [2.75, 3.05) is 10.6 Å². The second-order valence-corrected chi connectivity index (χ2v) is 9.02. The van der Waals surface area contributed by atoms with E-state index in [1.54, 1.807) is 51.8 Å². The molecule has 0 saturated heterocycles. The van der Waals surface area contributed by atoms with E-state index in [9.17, 15) is 9.59 Å². The first-order valence-corrected chi connectivity index (χ1v) is 12.0. The topological polar surface area (TPSA) is 103 Å². The Morgan fingerprint density at radius 2 is 1.76 bits per heavy atom. The van der Waals surface area contributed by atoms with Crippen molar-refractivity contribution in [2.24, 2.45) is 5.92 Å². The van der Waals surface area contributed by atoms with Crippen molar-refractivity contribution < 1.29 is 14.3 Å². The second kappa shape index (κ2) is 9.27. The number of hydrogen-bond acceptors (Lipinski definition) is 5. The number of rotatable bonds is 7. The number of carbonyl (C=O) groups is 2. The molecule has 0 unspecified atom stereocenters. The number of imidazole rings is 1. The number of anilines is 2. The third kappa shape index (κ3) is 4.92. The van der Waals surface area contributed by atoms with Crippen LogP contribution in [0.5, 0.6) is 11.5 Å². The molecule has 0 radical (unpaired) electrons. The Balaban J connectivity index is 1.15. The molecular weight excluding hydrogens is 468 g/mol. The smallest absolute Gasteiger partial charge is 0.276 e. The van der Waals surface area contributed by atoms with Gasteiger partial charge in [0.15, 0.2) is 11.5 Å². The van der Waals surface area contributed by atoms with E-state index in [-0.39, 0.29) is 17.7 Å². The summed E-state index contributed by atoms with van der Waals surface area (Å²) in [7, 11) is 0. The molecule has 1 aliphatic rings. The number of benzene rings is 2. The Morgan fingerprint density at radius 1 is 0.919 bits per heavy atom. The van der Waals surface area contributed by atoms with Gasteiger partial charge in [0, 0.05) is 23.4 Å². The van der Waals surface area contributed by atoms with Gasteiger partial charge in [0.2, 0.25) is 5.91 Å². The zero-order valence-electron chi connectivity index (χ0n) is 20.1. The van der Waals surface area contributed by atoms with Crippen LogP contribution in [0.25, 0.3) is 11.3 Å². The predicted molar refractivity (Wildman–Crippen MR) is 139 cm³/mol. The lowest BCUT2D eigenvalue weighted by Gasteiger charge is -2.09. The molecule has 0 atom stereocenters. The summed E-state index contributed by atoms with van der Waals surface area (Å²) in [4.78, 5) is 29.3. The van der Waals surface area contributed by atoms with E-state index < -0.39 is 0 Å². The molecule has 1 saturated carbocycles. The third-order valence-electron chi connectivity index (χ3n) is 6.07. The largest absolute Gasteiger partial charge is 0.456 e. The second-order valence-electron chi connectivity index (χ2n) is 9.02. The van der Waals surface area contributed by atoms with Crippen LogP contribution in [0.2, 0.25) is 0 Å². The van der Waals surface area contributed by atoms with Crippen molar-refractivity contribution in [3.8, 4) is 17.2 Å². The Kier molecular flexibility index (Phi) is 5.65. The van der Waals surface area contributed by atoms with Gasteiger partial charge in [0.05, 0.1) is 18.1 Å². The fourth-order valence-electron chi connectivity index (χ4n) is 4.05. The average molecular weight is 493 g/mol. The molecule has 6 rings (SSSR count). The molecule has 0 aliphatic heterocycles. The van der Waals surface area contributed by atoms with E-state index >= 15 is 0 Å². The van der Waals surface area contributed by atoms with Gasteiger partial charge in [-0.2, -0.15) is 5.10 Å². The molecule has 2 N–H and O–H groups in total. The van der Waals surface area contributed by atoms with Gasteiger partial charge in [-0.15, -0.1) is 0 Å². The molecule has 9 heteroatoms. The van der Waals surface area contributed by atoms with Crippen LogP contribution >= 0.6 is 0 Å². The van der Waals surface area contributed by atoms with Gasteiger partial charge in [-0.05, 0) is 62.2 Å². The highest BCUT2D eigenvalue weighted by atomic mass is 16.5. The molecule has 0 bridgehead atoms. The lowest BCUT2D eigenvalue weighted by atomic mass is 10.2. The van der Waals surface area contributed by atoms with Crippen molar-refractivity contribution in [1.82, 2.24) is 19.2 Å². The fourth-order valence-corrected chi connectivity index (χ4v) is 4.05. The van der Waals surface area contributed by atoms with Gasteiger partial charge in [-0.3, -0.25) is 9.59 Å². The first-order valence-electron chi connectivity index (χ1n) is 12.0. The van der Waals surface area contributed by atoms with E-state index in [4.69, 9.17) is 4.74 Å². The average Bonchev–Trinajstić information content (AvgIpc) is 3.57. The number of hydrogen-bond donors (Lipinski definition) is 2. The number of fused-ring (bicyclic) bond motifs is 1. The van der Waals surface area contributed by atoms with Gasteiger partial charge in [0.25, 0.3) is 5.91 Å². The molecular formula is C28H24N6O3. The van der Waals surface area contributed by atoms with Crippen molar-refractivity contribution in [3.05, 3.63) is 96.6 Å². The molecule has 37 heavy (non-hydrogen) atoms. The number of carbonyl (C=O) groups excluding carboxylic acids is 2. The summed E-state index contributed by atoms with van der Waals surface area (Å²) < 4.78 is 9.57. The summed E-state index contributed by atoms with van der Waals surface area (Å²) in [6.07, 6.45) is 5.43. The van der Waals surface area contributed by atoms with Crippen molar-refractivity contribution >= 4 is 29.0 Å². The maximum absolute atomic E-state index is 12.9. The minimum atomic E-state index is -0.310. The van der Waals surface area contributed by atoms with Crippen molar-refractivity contribution in [2.45, 2.75) is 19.8 Å². The van der Waals surface area contributed by atoms with E-state index in [0.29, 0.717) is 34.3 Å². The van der Waals surface area contributed by atoms with Crippen LogP contribution in [-0.4, -0.2) is 31.0 Å². The number of pyridine rings is 1. The summed E-state index contributed by atoms with van der Waals surface area (Å²) >= 11 is 0. The van der Waals surface area contributed by atoms with Crippen LogP contribution in [0.4, 0.5) is 11.5 Å². The van der Waals surface area contributed by atoms with Crippen LogP contribution in [0, 0.1) is 12.8 Å². The predicted octanol–water partition coefficient (Wildman–Crippen LogP) is 5.22. The summed E-state index contributed by atoms with van der Waals surface area (Å²) in [6.45, 7) is 1.91. The Labute approximate surface area is 212 Å². The monoisotopic (exact) mass is 492 g/mol. The molecule has 1 fully saturated rings. The lowest BCUT2D eigenvalue weighted by molar-refractivity contribution is -0.117. The number of aromatic nitrogens is 4. The van der Waals surface area contributed by atoms with E-state index in [0.717, 1.165) is 24.2 Å². The number of amides is 2. The molecule has 1 aliphatic carbocycles. The highest BCUT2D eigenvalue weighted by Crippen LogP contribution is 2.30. The van der Waals surface area contributed by atoms with Gasteiger partial charge in [-0.1, -0.05) is 24.3 Å². The summed E-state index contributed by atoms with van der Waals surface area (Å²) in [6, 6.07) is 22.2. The molecule has 5 aromatic rings. The lowest BCUT2D eigenvalue weighted by Crippen LogP contribution is -2.13. The number of nitrogens with zero attached hydrogens (tertiary/aromatic N) is 4. The third-order valence-corrected chi connectivity index (χ3v) is 6.07. The first-order chi connectivity index (χ1) is 18.0. The summed E-state index contributed by atoms with van der Waals surface area (Å²) in [5.41, 5.74) is 3.36. The van der Waals surface area contributed by atoms with Gasteiger partial charge in [0.1, 0.15) is 17.1 Å². The van der Waals surface area contributed by atoms with Crippen LogP contribution < -0.4 is 15.4 Å². The highest BCUT2D eigenvalue weighted by Gasteiger charge is 2.30. The zero-order valence-corrected chi connectivity index (χ0v) is 20.1. The Bertz CT molecular complexity index is 1620.